The van der Waals surface area contributed by atoms with E-state index >= 15 is 0 Å². The van der Waals surface area contributed by atoms with Gasteiger partial charge < -0.3 is 9.50 Å². The molecule has 116 valence electrons. The average molecular weight is 319 g/mol. The van der Waals surface area contributed by atoms with E-state index in [-0.39, 0.29) is 10.8 Å². The molecule has 0 aliphatic heterocycles. The molecule has 0 bridgehead atoms. The molecule has 2 rings (SSSR count). The highest BCUT2D eigenvalue weighted by molar-refractivity contribution is 7.87. The first-order valence-corrected chi connectivity index (χ1v) is 8.09. The Labute approximate surface area is 130 Å². The SMILES string of the molecule is CNC(=O)c1ccc(S(=O)(=O)Oc2cccc(C)c2C)cc1. The van der Waals surface area contributed by atoms with Gasteiger partial charge in [0.1, 0.15) is 10.6 Å². The van der Waals surface area contributed by atoms with E-state index in [9.17, 15) is 13.2 Å². The molecule has 0 aromatic heterocycles. The molecule has 6 heteroatoms. The van der Waals surface area contributed by atoms with Gasteiger partial charge in [-0.15, -0.1) is 0 Å². The van der Waals surface area contributed by atoms with Gasteiger partial charge in [0.2, 0.25) is 0 Å². The fourth-order valence-electron chi connectivity index (χ4n) is 1.90. The normalized spacial score (nSPS) is 11.0. The highest BCUT2D eigenvalue weighted by Crippen LogP contribution is 2.24. The second-order valence-corrected chi connectivity index (χ2v) is 6.39. The van der Waals surface area contributed by atoms with Gasteiger partial charge in [-0.25, -0.2) is 0 Å². The second-order valence-electron chi connectivity index (χ2n) is 4.84. The van der Waals surface area contributed by atoms with Crippen LogP contribution in [0.5, 0.6) is 5.75 Å². The van der Waals surface area contributed by atoms with E-state index < -0.39 is 10.1 Å². The van der Waals surface area contributed by atoms with Gasteiger partial charge in [0.05, 0.1) is 0 Å². The highest BCUT2D eigenvalue weighted by atomic mass is 32.2. The van der Waals surface area contributed by atoms with Gasteiger partial charge in [-0.05, 0) is 55.3 Å². The van der Waals surface area contributed by atoms with Crippen molar-refractivity contribution in [2.24, 2.45) is 0 Å². The molecule has 2 aromatic rings. The standard InChI is InChI=1S/C16H17NO4S/c1-11-5-4-6-15(12(11)2)21-22(19,20)14-9-7-13(8-10-14)16(18)17-3/h4-10H,1-3H3,(H,17,18). The fourth-order valence-corrected chi connectivity index (χ4v) is 2.88. The molecule has 0 heterocycles. The lowest BCUT2D eigenvalue weighted by atomic mass is 10.1. The van der Waals surface area contributed by atoms with Gasteiger partial charge in [0, 0.05) is 12.6 Å². The Morgan fingerprint density at radius 1 is 1.05 bits per heavy atom. The second kappa shape index (κ2) is 6.19. The first-order valence-electron chi connectivity index (χ1n) is 6.68. The zero-order valence-corrected chi connectivity index (χ0v) is 13.4. The van der Waals surface area contributed by atoms with Crippen LogP contribution in [0, 0.1) is 13.8 Å². The fraction of sp³-hybridized carbons (Fsp3) is 0.188. The number of benzene rings is 2. The molecule has 0 atom stereocenters. The zero-order chi connectivity index (χ0) is 16.3. The number of nitrogens with one attached hydrogen (secondary N) is 1. The highest BCUT2D eigenvalue weighted by Gasteiger charge is 2.18. The smallest absolute Gasteiger partial charge is 0.339 e. The summed E-state index contributed by atoms with van der Waals surface area (Å²) in [6.45, 7) is 3.68. The van der Waals surface area contributed by atoms with Crippen molar-refractivity contribution in [1.29, 1.82) is 0 Å². The van der Waals surface area contributed by atoms with E-state index in [4.69, 9.17) is 4.18 Å². The quantitative estimate of drug-likeness (QED) is 0.879. The minimum Gasteiger partial charge on any atom is -0.379 e. The van der Waals surface area contributed by atoms with E-state index in [1.54, 1.807) is 19.1 Å². The van der Waals surface area contributed by atoms with Gasteiger partial charge in [-0.3, -0.25) is 4.79 Å². The minimum atomic E-state index is -3.93. The van der Waals surface area contributed by atoms with Crippen LogP contribution in [0.15, 0.2) is 47.4 Å². The Hall–Kier alpha value is -2.34. The number of aryl methyl sites for hydroxylation is 1. The molecular formula is C16H17NO4S. The molecular weight excluding hydrogens is 302 g/mol. The Morgan fingerprint density at radius 2 is 1.68 bits per heavy atom. The third-order valence-electron chi connectivity index (χ3n) is 3.39. The predicted octanol–water partition coefficient (Wildman–Crippen LogP) is 2.43. The van der Waals surface area contributed by atoms with Crippen LogP contribution in [0.3, 0.4) is 0 Å². The first-order chi connectivity index (χ1) is 10.3. The predicted molar refractivity (Wildman–Crippen MR) is 83.6 cm³/mol. The van der Waals surface area contributed by atoms with Gasteiger partial charge in [-0.2, -0.15) is 8.42 Å². The molecule has 0 spiro atoms. The number of amides is 1. The van der Waals surface area contributed by atoms with Crippen molar-refractivity contribution in [2.45, 2.75) is 18.7 Å². The number of carbonyl (C=O) groups is 1. The van der Waals surface area contributed by atoms with Gasteiger partial charge in [0.15, 0.2) is 0 Å². The van der Waals surface area contributed by atoms with Crippen LogP contribution in [0.4, 0.5) is 0 Å². The van der Waals surface area contributed by atoms with Crippen LogP contribution in [-0.2, 0) is 10.1 Å². The van der Waals surface area contributed by atoms with Crippen LogP contribution < -0.4 is 9.50 Å². The number of hydrogen-bond donors (Lipinski definition) is 1. The molecule has 0 saturated heterocycles. The van der Waals surface area contributed by atoms with Crippen LogP contribution in [0.25, 0.3) is 0 Å². The van der Waals surface area contributed by atoms with Crippen molar-refractivity contribution in [3.05, 3.63) is 59.2 Å². The summed E-state index contributed by atoms with van der Waals surface area (Å²) in [5.74, 6) is 0.0229. The maximum absolute atomic E-state index is 12.3. The average Bonchev–Trinajstić information content (AvgIpc) is 2.51. The maximum Gasteiger partial charge on any atom is 0.339 e. The van der Waals surface area contributed by atoms with Crippen molar-refractivity contribution in [3.63, 3.8) is 0 Å². The minimum absolute atomic E-state index is 0.000981. The molecule has 0 unspecified atom stereocenters. The van der Waals surface area contributed by atoms with E-state index in [0.29, 0.717) is 11.3 Å². The Kier molecular flexibility index (Phi) is 4.51. The summed E-state index contributed by atoms with van der Waals surface area (Å²) in [6, 6.07) is 10.8. The monoisotopic (exact) mass is 319 g/mol. The molecule has 0 fully saturated rings. The summed E-state index contributed by atoms with van der Waals surface area (Å²) in [5.41, 5.74) is 2.10. The Bertz CT molecular complexity index is 795. The van der Waals surface area contributed by atoms with E-state index in [1.807, 2.05) is 13.0 Å². The van der Waals surface area contributed by atoms with Gasteiger partial charge in [-0.1, -0.05) is 12.1 Å². The summed E-state index contributed by atoms with van der Waals surface area (Å²) >= 11 is 0. The van der Waals surface area contributed by atoms with Crippen LogP contribution in [0.2, 0.25) is 0 Å². The molecule has 0 aliphatic carbocycles. The van der Waals surface area contributed by atoms with E-state index in [1.165, 1.54) is 31.3 Å². The van der Waals surface area contributed by atoms with Crippen molar-refractivity contribution in [2.75, 3.05) is 7.05 Å². The number of hydrogen-bond acceptors (Lipinski definition) is 4. The molecule has 1 N–H and O–H groups in total. The van der Waals surface area contributed by atoms with Gasteiger partial charge >= 0.3 is 10.1 Å². The molecule has 0 saturated carbocycles. The molecule has 0 aliphatic rings. The largest absolute Gasteiger partial charge is 0.379 e. The van der Waals surface area contributed by atoms with Crippen molar-refractivity contribution in [3.8, 4) is 5.75 Å². The third kappa shape index (κ3) is 3.28. The number of carbonyl (C=O) groups excluding carboxylic acids is 1. The first kappa shape index (κ1) is 16.0. The number of rotatable bonds is 4. The van der Waals surface area contributed by atoms with Crippen LogP contribution >= 0.6 is 0 Å². The van der Waals surface area contributed by atoms with E-state index in [2.05, 4.69) is 5.32 Å². The van der Waals surface area contributed by atoms with Crippen molar-refractivity contribution >= 4 is 16.0 Å². The molecule has 22 heavy (non-hydrogen) atoms. The Morgan fingerprint density at radius 3 is 2.27 bits per heavy atom. The molecule has 5 nitrogen and oxygen atoms in total. The van der Waals surface area contributed by atoms with Crippen molar-refractivity contribution in [1.82, 2.24) is 5.32 Å². The molecule has 1 amide bonds. The zero-order valence-electron chi connectivity index (χ0n) is 12.6. The summed E-state index contributed by atoms with van der Waals surface area (Å²) in [7, 11) is -2.42. The summed E-state index contributed by atoms with van der Waals surface area (Å²) in [4.78, 5) is 11.5. The summed E-state index contributed by atoms with van der Waals surface area (Å²) in [5, 5.41) is 2.47. The van der Waals surface area contributed by atoms with E-state index in [0.717, 1.165) is 11.1 Å². The molecule has 2 aromatic carbocycles. The summed E-state index contributed by atoms with van der Waals surface area (Å²) < 4.78 is 29.8. The lowest BCUT2D eigenvalue weighted by molar-refractivity contribution is 0.0963. The maximum atomic E-state index is 12.3. The van der Waals surface area contributed by atoms with Crippen LogP contribution in [0.1, 0.15) is 21.5 Å². The molecule has 0 radical (unpaired) electrons. The lowest BCUT2D eigenvalue weighted by Crippen LogP contribution is -2.18. The van der Waals surface area contributed by atoms with Crippen molar-refractivity contribution < 1.29 is 17.4 Å². The Balaban J connectivity index is 2.31. The third-order valence-corrected chi connectivity index (χ3v) is 4.64. The lowest BCUT2D eigenvalue weighted by Gasteiger charge is -2.11. The van der Waals surface area contributed by atoms with Gasteiger partial charge in [0.25, 0.3) is 5.91 Å². The topological polar surface area (TPSA) is 72.5 Å². The summed E-state index contributed by atoms with van der Waals surface area (Å²) in [6.07, 6.45) is 0. The van der Waals surface area contributed by atoms with Crippen LogP contribution in [-0.4, -0.2) is 21.4 Å².